The van der Waals surface area contributed by atoms with E-state index < -0.39 is 0 Å². The maximum atomic E-state index is 13.4. The lowest BCUT2D eigenvalue weighted by molar-refractivity contribution is 0.0686. The number of benzene rings is 2. The molecule has 0 saturated carbocycles. The summed E-state index contributed by atoms with van der Waals surface area (Å²) in [5.41, 5.74) is 3.68. The molecule has 0 saturated heterocycles. The molecule has 0 N–H and O–H groups in total. The van der Waals surface area contributed by atoms with E-state index in [2.05, 4.69) is 0 Å². The topological polar surface area (TPSA) is 46.6 Å². The Morgan fingerprint density at radius 1 is 1.04 bits per heavy atom. The van der Waals surface area contributed by atoms with Gasteiger partial charge in [0.15, 0.2) is 5.76 Å². The summed E-state index contributed by atoms with van der Waals surface area (Å²) in [7, 11) is 0. The Balaban J connectivity index is 1.69. The predicted octanol–water partition coefficient (Wildman–Crippen LogP) is 6.14. The van der Waals surface area contributed by atoms with Gasteiger partial charge in [0, 0.05) is 22.5 Å². The number of rotatable bonds is 5. The predicted molar refractivity (Wildman–Crippen MR) is 109 cm³/mol. The van der Waals surface area contributed by atoms with Crippen LogP contribution in [-0.4, -0.2) is 10.8 Å². The van der Waals surface area contributed by atoms with Crippen molar-refractivity contribution in [1.29, 1.82) is 0 Å². The molecule has 4 aromatic rings. The number of halogens is 1. The summed E-state index contributed by atoms with van der Waals surface area (Å²) in [4.78, 5) is 15.1. The van der Waals surface area contributed by atoms with Gasteiger partial charge in [-0.2, -0.15) is 0 Å². The first-order chi connectivity index (χ1) is 13.5. The number of furan rings is 2. The third-order valence-electron chi connectivity index (χ3n) is 4.79. The van der Waals surface area contributed by atoms with E-state index in [1.807, 2.05) is 68.4 Å². The summed E-state index contributed by atoms with van der Waals surface area (Å²) in [5, 5.41) is 1.63. The second-order valence-electron chi connectivity index (χ2n) is 6.92. The summed E-state index contributed by atoms with van der Waals surface area (Å²) in [6, 6.07) is 17.1. The van der Waals surface area contributed by atoms with Crippen molar-refractivity contribution in [3.63, 3.8) is 0 Å². The first kappa shape index (κ1) is 18.4. The van der Waals surface area contributed by atoms with Crippen LogP contribution in [0, 0.1) is 13.8 Å². The fourth-order valence-corrected chi connectivity index (χ4v) is 3.41. The maximum Gasteiger partial charge on any atom is 0.290 e. The first-order valence-corrected chi connectivity index (χ1v) is 9.45. The lowest BCUT2D eigenvalue weighted by atomic mass is 10.1. The number of hydrogen-bond acceptors (Lipinski definition) is 3. The van der Waals surface area contributed by atoms with Crippen LogP contribution in [0.3, 0.4) is 0 Å². The van der Waals surface area contributed by atoms with Gasteiger partial charge >= 0.3 is 0 Å². The number of carbonyl (C=O) groups is 1. The number of aryl methyl sites for hydroxylation is 2. The molecule has 2 heterocycles. The molecule has 2 aromatic heterocycles. The van der Waals surface area contributed by atoms with Crippen LogP contribution < -0.4 is 0 Å². The highest BCUT2D eigenvalue weighted by molar-refractivity contribution is 6.30. The maximum absolute atomic E-state index is 13.4. The van der Waals surface area contributed by atoms with E-state index in [9.17, 15) is 4.79 Å². The minimum atomic E-state index is -0.169. The first-order valence-electron chi connectivity index (χ1n) is 9.07. The van der Waals surface area contributed by atoms with Gasteiger partial charge in [-0.1, -0.05) is 35.4 Å². The highest BCUT2D eigenvalue weighted by Gasteiger charge is 2.24. The highest BCUT2D eigenvalue weighted by Crippen LogP contribution is 2.28. The Morgan fingerprint density at radius 3 is 2.54 bits per heavy atom. The van der Waals surface area contributed by atoms with Gasteiger partial charge in [0.25, 0.3) is 5.91 Å². The van der Waals surface area contributed by atoms with Crippen molar-refractivity contribution < 1.29 is 13.6 Å². The van der Waals surface area contributed by atoms with Gasteiger partial charge < -0.3 is 13.7 Å². The summed E-state index contributed by atoms with van der Waals surface area (Å²) in [6.45, 7) is 4.72. The zero-order valence-corrected chi connectivity index (χ0v) is 16.5. The minimum Gasteiger partial charge on any atom is -0.467 e. The van der Waals surface area contributed by atoms with Gasteiger partial charge in [0.1, 0.15) is 11.3 Å². The monoisotopic (exact) mass is 393 g/mol. The van der Waals surface area contributed by atoms with Crippen LogP contribution in [0.15, 0.2) is 69.7 Å². The highest BCUT2D eigenvalue weighted by atomic mass is 35.5. The molecule has 0 aliphatic carbocycles. The zero-order chi connectivity index (χ0) is 19.7. The molecule has 4 rings (SSSR count). The number of fused-ring (bicyclic) bond motifs is 1. The van der Waals surface area contributed by atoms with Crippen molar-refractivity contribution in [1.82, 2.24) is 4.90 Å². The lowest BCUT2D eigenvalue weighted by Crippen LogP contribution is -2.30. The summed E-state index contributed by atoms with van der Waals surface area (Å²) < 4.78 is 11.4. The smallest absolute Gasteiger partial charge is 0.290 e. The van der Waals surface area contributed by atoms with Crippen LogP contribution in [-0.2, 0) is 13.1 Å². The second-order valence-corrected chi connectivity index (χ2v) is 7.36. The Labute approximate surface area is 168 Å². The molecule has 142 valence electrons. The standard InChI is InChI=1S/C23H20ClNO3/c1-15-5-10-21-20(12-15)16(2)22(28-21)23(26)25(14-19-4-3-11-27-19)13-17-6-8-18(24)9-7-17/h3-12H,13-14H2,1-2H3. The fourth-order valence-electron chi connectivity index (χ4n) is 3.28. The van der Waals surface area contributed by atoms with Crippen molar-refractivity contribution in [2.45, 2.75) is 26.9 Å². The average molecular weight is 394 g/mol. The van der Waals surface area contributed by atoms with E-state index in [1.165, 1.54) is 0 Å². The van der Waals surface area contributed by atoms with Crippen molar-refractivity contribution in [2.75, 3.05) is 0 Å². The molecule has 0 aliphatic rings. The van der Waals surface area contributed by atoms with Crippen LogP contribution in [0.1, 0.15) is 33.0 Å². The number of amides is 1. The molecule has 4 nitrogen and oxygen atoms in total. The largest absolute Gasteiger partial charge is 0.467 e. The number of hydrogen-bond donors (Lipinski definition) is 0. The van der Waals surface area contributed by atoms with Crippen LogP contribution in [0.2, 0.25) is 5.02 Å². The van der Waals surface area contributed by atoms with E-state index in [0.717, 1.165) is 27.7 Å². The van der Waals surface area contributed by atoms with Crippen molar-refractivity contribution in [3.8, 4) is 0 Å². The average Bonchev–Trinajstić information content (AvgIpc) is 3.31. The summed E-state index contributed by atoms with van der Waals surface area (Å²) in [6.07, 6.45) is 1.61. The molecule has 0 fully saturated rings. The van der Waals surface area contributed by atoms with Crippen LogP contribution >= 0.6 is 11.6 Å². The molecule has 1 amide bonds. The molecule has 5 heteroatoms. The van der Waals surface area contributed by atoms with Gasteiger partial charge in [-0.05, 0) is 55.8 Å². The molecule has 0 aliphatic heterocycles. The van der Waals surface area contributed by atoms with E-state index >= 15 is 0 Å². The van der Waals surface area contributed by atoms with Gasteiger partial charge in [0.05, 0.1) is 12.8 Å². The van der Waals surface area contributed by atoms with Crippen molar-refractivity contribution in [2.24, 2.45) is 0 Å². The van der Waals surface area contributed by atoms with Crippen LogP contribution in [0.5, 0.6) is 0 Å². The van der Waals surface area contributed by atoms with Gasteiger partial charge in [0.2, 0.25) is 0 Å². The Bertz CT molecular complexity index is 1110. The molecule has 2 aromatic carbocycles. The summed E-state index contributed by atoms with van der Waals surface area (Å²) in [5.74, 6) is 0.908. The molecule has 0 spiro atoms. The third kappa shape index (κ3) is 3.69. The quantitative estimate of drug-likeness (QED) is 0.409. The van der Waals surface area contributed by atoms with Crippen LogP contribution in [0.4, 0.5) is 0 Å². The van der Waals surface area contributed by atoms with E-state index in [0.29, 0.717) is 29.6 Å². The van der Waals surface area contributed by atoms with E-state index in [1.54, 1.807) is 11.2 Å². The van der Waals surface area contributed by atoms with Gasteiger partial charge in [-0.3, -0.25) is 4.79 Å². The third-order valence-corrected chi connectivity index (χ3v) is 5.04. The molecule has 0 bridgehead atoms. The van der Waals surface area contributed by atoms with E-state index in [4.69, 9.17) is 20.4 Å². The summed E-state index contributed by atoms with van der Waals surface area (Å²) >= 11 is 5.99. The molecular weight excluding hydrogens is 374 g/mol. The fraction of sp³-hybridized carbons (Fsp3) is 0.174. The molecule has 0 atom stereocenters. The Morgan fingerprint density at radius 2 is 1.82 bits per heavy atom. The second kappa shape index (κ2) is 7.56. The Hall–Kier alpha value is -2.98. The molecule has 0 unspecified atom stereocenters. The van der Waals surface area contributed by atoms with E-state index in [-0.39, 0.29) is 5.91 Å². The number of nitrogens with zero attached hydrogens (tertiary/aromatic N) is 1. The Kier molecular flexibility index (Phi) is 4.97. The molecule has 0 radical (unpaired) electrons. The van der Waals surface area contributed by atoms with Gasteiger partial charge in [-0.15, -0.1) is 0 Å². The molecule has 28 heavy (non-hydrogen) atoms. The lowest BCUT2D eigenvalue weighted by Gasteiger charge is -2.21. The van der Waals surface area contributed by atoms with Crippen molar-refractivity contribution in [3.05, 3.63) is 94.1 Å². The molecular formula is C23H20ClNO3. The minimum absolute atomic E-state index is 0.169. The number of carbonyl (C=O) groups excluding carboxylic acids is 1. The normalized spacial score (nSPS) is 11.1. The zero-order valence-electron chi connectivity index (χ0n) is 15.7. The van der Waals surface area contributed by atoms with Crippen molar-refractivity contribution >= 4 is 28.5 Å². The van der Waals surface area contributed by atoms with Gasteiger partial charge in [-0.25, -0.2) is 0 Å². The van der Waals surface area contributed by atoms with Crippen LogP contribution in [0.25, 0.3) is 11.0 Å². The SMILES string of the molecule is Cc1ccc2oc(C(=O)N(Cc3ccc(Cl)cc3)Cc3ccco3)c(C)c2c1.